The third-order valence-electron chi connectivity index (χ3n) is 7.77. The Morgan fingerprint density at radius 1 is 0.680 bits per heavy atom. The maximum atomic E-state index is 12.5. The summed E-state index contributed by atoms with van der Waals surface area (Å²) in [5, 5.41) is 9.71. The number of carbonyl (C=O) groups is 2. The Hall–Kier alpha value is -2.07. The van der Waals surface area contributed by atoms with E-state index >= 15 is 0 Å². The Morgan fingerprint density at radius 2 is 1.22 bits per heavy atom. The van der Waals surface area contributed by atoms with Crippen molar-refractivity contribution in [1.82, 2.24) is 0 Å². The summed E-state index contributed by atoms with van der Waals surface area (Å²) in [4.78, 5) is 34.6. The summed E-state index contributed by atoms with van der Waals surface area (Å²) in [6, 6.07) is 0. The van der Waals surface area contributed by atoms with Crippen LogP contribution in [0.5, 0.6) is 0 Å². The van der Waals surface area contributed by atoms with Crippen molar-refractivity contribution in [2.45, 2.75) is 161 Å². The highest BCUT2D eigenvalue weighted by Crippen LogP contribution is 2.43. The van der Waals surface area contributed by atoms with E-state index in [-0.39, 0.29) is 38.7 Å². The normalized spacial score (nSPS) is 14.6. The van der Waals surface area contributed by atoms with Crippen LogP contribution in [0.3, 0.4) is 0 Å². The van der Waals surface area contributed by atoms with E-state index in [0.29, 0.717) is 19.3 Å². The lowest BCUT2D eigenvalue weighted by Crippen LogP contribution is -2.29. The van der Waals surface area contributed by atoms with Crippen LogP contribution in [0.25, 0.3) is 0 Å². The lowest BCUT2D eigenvalue weighted by atomic mass is 10.1. The number of hydrogen-bond donors (Lipinski definition) is 3. The van der Waals surface area contributed by atoms with Crippen LogP contribution in [0, 0.1) is 0 Å². The summed E-state index contributed by atoms with van der Waals surface area (Å²) in [6.07, 6.45) is 35.0. The van der Waals surface area contributed by atoms with Gasteiger partial charge in [0, 0.05) is 19.4 Å². The molecule has 290 valence electrons. The van der Waals surface area contributed by atoms with Crippen molar-refractivity contribution in [1.29, 1.82) is 0 Å². The van der Waals surface area contributed by atoms with Crippen molar-refractivity contribution in [2.75, 3.05) is 26.4 Å². The van der Waals surface area contributed by atoms with E-state index in [0.717, 1.165) is 51.4 Å². The maximum absolute atomic E-state index is 12.5. The summed E-state index contributed by atoms with van der Waals surface area (Å²) in [7, 11) is -4.39. The minimum Gasteiger partial charge on any atom is -0.462 e. The number of hydrogen-bond acceptors (Lipinski definition) is 9. The average molecular weight is 728 g/mol. The van der Waals surface area contributed by atoms with Crippen LogP contribution in [-0.2, 0) is 32.7 Å². The number of aliphatic hydroxyl groups is 1. The van der Waals surface area contributed by atoms with Gasteiger partial charge in [0.1, 0.15) is 6.61 Å². The predicted octanol–water partition coefficient (Wildman–Crippen LogP) is 9.35. The predicted molar refractivity (Wildman–Crippen MR) is 202 cm³/mol. The lowest BCUT2D eigenvalue weighted by Gasteiger charge is -2.19. The molecule has 0 aromatic heterocycles. The number of rotatable bonds is 35. The van der Waals surface area contributed by atoms with Gasteiger partial charge in [-0.25, -0.2) is 4.57 Å². The van der Waals surface area contributed by atoms with Crippen LogP contribution in [0.2, 0.25) is 0 Å². The molecule has 4 N–H and O–H groups in total. The van der Waals surface area contributed by atoms with Gasteiger partial charge < -0.3 is 25.2 Å². The molecule has 0 aromatic carbocycles. The summed E-state index contributed by atoms with van der Waals surface area (Å²) in [5.74, 6) is -0.918. The van der Waals surface area contributed by atoms with Crippen molar-refractivity contribution in [2.24, 2.45) is 5.73 Å². The Morgan fingerprint density at radius 3 is 1.80 bits per heavy atom. The number of ether oxygens (including phenoxy) is 2. The first kappa shape index (κ1) is 47.9. The third-order valence-corrected chi connectivity index (χ3v) is 8.76. The highest BCUT2D eigenvalue weighted by atomic mass is 31.2. The molecule has 3 atom stereocenters. The molecule has 0 fully saturated rings. The number of nitrogens with two attached hydrogens (primary N) is 1. The number of phosphoric ester groups is 1. The van der Waals surface area contributed by atoms with Crippen LogP contribution < -0.4 is 5.73 Å². The molecule has 0 saturated carbocycles. The lowest BCUT2D eigenvalue weighted by molar-refractivity contribution is -0.161. The standard InChI is InChI=1S/C39H70NO9P/c1-3-5-6-7-8-9-13-17-20-23-26-30-38(42)46-34-37(35-48-50(44,45)47-33-32-40)49-39(43)31-27-24-21-18-15-12-10-11-14-16-19-22-25-29-36(41)28-4-2/h10,12,14,16,18,21-22,25,36-37,41H,3-9,11,13,15,17,19-20,23-24,26-35,40H2,1-2H3,(H,44,45)/b12-10-,16-14-,21-18-,25-22-/t36?,37-/m1/s1. The molecule has 2 unspecified atom stereocenters. The fraction of sp³-hybridized carbons (Fsp3) is 0.744. The highest BCUT2D eigenvalue weighted by molar-refractivity contribution is 7.47. The summed E-state index contributed by atoms with van der Waals surface area (Å²) in [6.45, 7) is 3.43. The van der Waals surface area contributed by atoms with E-state index < -0.39 is 32.5 Å². The molecule has 0 spiro atoms. The quantitative estimate of drug-likeness (QED) is 0.0249. The number of esters is 2. The SMILES string of the molecule is CCCCCCCCCCCCCC(=O)OC[C@H](COP(=O)(O)OCCN)OC(=O)CCC/C=C\C/C=C\C/C=C\C/C=C\CC(O)CCC. The van der Waals surface area contributed by atoms with Crippen molar-refractivity contribution >= 4 is 19.8 Å². The van der Waals surface area contributed by atoms with Crippen molar-refractivity contribution in [3.05, 3.63) is 48.6 Å². The molecule has 50 heavy (non-hydrogen) atoms. The molecule has 10 nitrogen and oxygen atoms in total. The molecule has 0 amide bonds. The Bertz CT molecular complexity index is 983. The number of allylic oxidation sites excluding steroid dienone is 7. The van der Waals surface area contributed by atoms with E-state index in [4.69, 9.17) is 24.3 Å². The molecule has 0 radical (unpaired) electrons. The largest absolute Gasteiger partial charge is 0.472 e. The highest BCUT2D eigenvalue weighted by Gasteiger charge is 2.25. The van der Waals surface area contributed by atoms with Gasteiger partial charge >= 0.3 is 19.8 Å². The summed E-state index contributed by atoms with van der Waals surface area (Å²) >= 11 is 0. The van der Waals surface area contributed by atoms with Crippen LogP contribution in [-0.4, -0.2) is 60.5 Å². The number of aliphatic hydroxyl groups excluding tert-OH is 1. The van der Waals surface area contributed by atoms with E-state index in [2.05, 4.69) is 44.2 Å². The van der Waals surface area contributed by atoms with Gasteiger partial charge in [-0.2, -0.15) is 0 Å². The average Bonchev–Trinajstić information content (AvgIpc) is 3.09. The van der Waals surface area contributed by atoms with Gasteiger partial charge in [-0.1, -0.05) is 133 Å². The molecular formula is C39H70NO9P. The van der Waals surface area contributed by atoms with Crippen molar-refractivity contribution in [3.8, 4) is 0 Å². The fourth-order valence-electron chi connectivity index (χ4n) is 4.93. The Labute approximate surface area is 303 Å². The molecule has 11 heteroatoms. The van der Waals surface area contributed by atoms with Crippen LogP contribution >= 0.6 is 7.82 Å². The minimum atomic E-state index is -4.39. The van der Waals surface area contributed by atoms with E-state index in [1.165, 1.54) is 51.4 Å². The Balaban J connectivity index is 4.35. The smallest absolute Gasteiger partial charge is 0.462 e. The molecule has 0 heterocycles. The summed E-state index contributed by atoms with van der Waals surface area (Å²) < 4.78 is 32.5. The third kappa shape index (κ3) is 34.4. The molecule has 0 bridgehead atoms. The monoisotopic (exact) mass is 727 g/mol. The molecule has 0 aliphatic rings. The van der Waals surface area contributed by atoms with Gasteiger partial charge in [-0.15, -0.1) is 0 Å². The van der Waals surface area contributed by atoms with Gasteiger partial charge in [-0.3, -0.25) is 18.6 Å². The van der Waals surface area contributed by atoms with E-state index in [1.807, 2.05) is 18.2 Å². The number of unbranched alkanes of at least 4 members (excludes halogenated alkanes) is 11. The first-order valence-corrected chi connectivity index (χ1v) is 20.7. The minimum absolute atomic E-state index is 0.0377. The van der Waals surface area contributed by atoms with Crippen LogP contribution in [0.15, 0.2) is 48.6 Å². The number of carbonyl (C=O) groups excluding carboxylic acids is 2. The zero-order chi connectivity index (χ0) is 37.0. The molecule has 0 aromatic rings. The van der Waals surface area contributed by atoms with Gasteiger partial charge in [0.25, 0.3) is 0 Å². The zero-order valence-corrected chi connectivity index (χ0v) is 32.1. The van der Waals surface area contributed by atoms with E-state index in [1.54, 1.807) is 0 Å². The second kappa shape index (κ2) is 35.3. The second-order valence-corrected chi connectivity index (χ2v) is 14.1. The van der Waals surface area contributed by atoms with Crippen LogP contribution in [0.1, 0.15) is 149 Å². The summed E-state index contributed by atoms with van der Waals surface area (Å²) in [5.41, 5.74) is 5.32. The number of phosphoric acid groups is 1. The Kier molecular flexibility index (Phi) is 33.9. The maximum Gasteiger partial charge on any atom is 0.472 e. The topological polar surface area (TPSA) is 155 Å². The van der Waals surface area contributed by atoms with Gasteiger partial charge in [0.05, 0.1) is 19.3 Å². The second-order valence-electron chi connectivity index (χ2n) is 12.6. The fourth-order valence-corrected chi connectivity index (χ4v) is 5.70. The first-order chi connectivity index (χ1) is 24.2. The molecular weight excluding hydrogens is 657 g/mol. The molecule has 0 saturated heterocycles. The molecule has 0 rings (SSSR count). The van der Waals surface area contributed by atoms with Crippen molar-refractivity contribution in [3.63, 3.8) is 0 Å². The van der Waals surface area contributed by atoms with Gasteiger partial charge in [-0.05, 0) is 51.4 Å². The van der Waals surface area contributed by atoms with Crippen molar-refractivity contribution < 1.29 is 42.7 Å². The van der Waals surface area contributed by atoms with Gasteiger partial charge in [0.15, 0.2) is 6.10 Å². The molecule has 0 aliphatic carbocycles. The zero-order valence-electron chi connectivity index (χ0n) is 31.2. The van der Waals surface area contributed by atoms with Crippen LogP contribution in [0.4, 0.5) is 0 Å². The van der Waals surface area contributed by atoms with Gasteiger partial charge in [0.2, 0.25) is 0 Å². The first-order valence-electron chi connectivity index (χ1n) is 19.2. The van der Waals surface area contributed by atoms with E-state index in [9.17, 15) is 24.2 Å². The molecule has 0 aliphatic heterocycles.